The average molecular weight is 342 g/mol. The third kappa shape index (κ3) is 3.65. The highest BCUT2D eigenvalue weighted by atomic mass is 16.7. The summed E-state index contributed by atoms with van der Waals surface area (Å²) in [6, 6.07) is 0. The van der Waals surface area contributed by atoms with E-state index in [9.17, 15) is 35.7 Å². The van der Waals surface area contributed by atoms with Gasteiger partial charge in [-0.3, -0.25) is 0 Å². The normalized spacial score (nSPS) is 51.7. The molecule has 11 nitrogen and oxygen atoms in total. The molecule has 0 aromatic carbocycles. The highest BCUT2D eigenvalue weighted by Crippen LogP contribution is 2.28. The molecule has 0 spiro atoms. The van der Waals surface area contributed by atoms with Crippen molar-refractivity contribution in [2.75, 3.05) is 13.2 Å². The van der Waals surface area contributed by atoms with Crippen LogP contribution >= 0.6 is 0 Å². The van der Waals surface area contributed by atoms with Gasteiger partial charge in [-0.1, -0.05) is 0 Å². The minimum atomic E-state index is -1.74. The van der Waals surface area contributed by atoms with Crippen LogP contribution in [0.2, 0.25) is 0 Å². The topological polar surface area (TPSA) is 190 Å². The van der Waals surface area contributed by atoms with Crippen molar-refractivity contribution < 1.29 is 55.1 Å². The first kappa shape index (κ1) is 18.9. The number of rotatable bonds is 4. The molecule has 2 saturated heterocycles. The second-order valence-electron chi connectivity index (χ2n) is 5.53. The number of ether oxygens (including phenoxy) is 3. The molecule has 2 fully saturated rings. The van der Waals surface area contributed by atoms with Crippen LogP contribution < -0.4 is 0 Å². The molecule has 0 aromatic heterocycles. The number of aliphatic hydroxyl groups is 8. The van der Waals surface area contributed by atoms with Crippen molar-refractivity contribution in [3.05, 3.63) is 0 Å². The van der Waals surface area contributed by atoms with Crippen LogP contribution in [0.3, 0.4) is 0 Å². The molecule has 0 radical (unpaired) electrons. The van der Waals surface area contributed by atoms with Crippen LogP contribution in [-0.2, 0) is 14.2 Å². The van der Waals surface area contributed by atoms with Gasteiger partial charge in [0.05, 0.1) is 13.2 Å². The van der Waals surface area contributed by atoms with Crippen molar-refractivity contribution in [1.82, 2.24) is 0 Å². The van der Waals surface area contributed by atoms with E-state index in [0.717, 1.165) is 0 Å². The third-order valence-electron chi connectivity index (χ3n) is 3.98. The summed E-state index contributed by atoms with van der Waals surface area (Å²) in [5, 5.41) is 76.5. The van der Waals surface area contributed by atoms with Gasteiger partial charge in [0.15, 0.2) is 12.6 Å². The maximum Gasteiger partial charge on any atom is 0.187 e. The van der Waals surface area contributed by atoms with E-state index in [2.05, 4.69) is 0 Å². The second-order valence-corrected chi connectivity index (χ2v) is 5.53. The van der Waals surface area contributed by atoms with Gasteiger partial charge >= 0.3 is 0 Å². The van der Waals surface area contributed by atoms with Crippen molar-refractivity contribution >= 4 is 0 Å². The maximum atomic E-state index is 9.94. The monoisotopic (exact) mass is 342 g/mol. The maximum absolute atomic E-state index is 9.94. The summed E-state index contributed by atoms with van der Waals surface area (Å²) in [5.41, 5.74) is 0. The lowest BCUT2D eigenvalue weighted by molar-refractivity contribution is -0.355. The average Bonchev–Trinajstić information content (AvgIpc) is 2.55. The van der Waals surface area contributed by atoms with Crippen LogP contribution in [0.5, 0.6) is 0 Å². The Bertz CT molecular complexity index is 378. The molecule has 136 valence electrons. The third-order valence-corrected chi connectivity index (χ3v) is 3.98. The van der Waals surface area contributed by atoms with E-state index in [4.69, 9.17) is 19.3 Å². The van der Waals surface area contributed by atoms with E-state index in [1.54, 1.807) is 0 Å². The highest BCUT2D eigenvalue weighted by molar-refractivity contribution is 4.93. The van der Waals surface area contributed by atoms with Crippen molar-refractivity contribution in [3.63, 3.8) is 0 Å². The summed E-state index contributed by atoms with van der Waals surface area (Å²) in [4.78, 5) is 0. The molecule has 9 unspecified atom stereocenters. The van der Waals surface area contributed by atoms with Crippen molar-refractivity contribution in [2.45, 2.75) is 61.4 Å². The first-order valence-corrected chi connectivity index (χ1v) is 7.08. The summed E-state index contributed by atoms with van der Waals surface area (Å²) >= 11 is 0. The number of aliphatic hydroxyl groups excluding tert-OH is 8. The lowest BCUT2D eigenvalue weighted by Gasteiger charge is -2.45. The van der Waals surface area contributed by atoms with Crippen molar-refractivity contribution in [3.8, 4) is 0 Å². The number of hydrogen-bond donors (Lipinski definition) is 8. The molecule has 10 atom stereocenters. The predicted molar refractivity (Wildman–Crippen MR) is 68.6 cm³/mol. The van der Waals surface area contributed by atoms with Gasteiger partial charge < -0.3 is 55.1 Å². The Hall–Kier alpha value is -0.440. The van der Waals surface area contributed by atoms with Gasteiger partial charge in [0.1, 0.15) is 48.8 Å². The van der Waals surface area contributed by atoms with Crippen LogP contribution in [0, 0.1) is 0 Å². The molecule has 8 N–H and O–H groups in total. The van der Waals surface area contributed by atoms with Crippen LogP contribution in [0.1, 0.15) is 0 Å². The summed E-state index contributed by atoms with van der Waals surface area (Å²) < 4.78 is 15.3. The first-order chi connectivity index (χ1) is 10.8. The molecule has 0 aromatic rings. The van der Waals surface area contributed by atoms with Gasteiger partial charge in [0.2, 0.25) is 0 Å². The molecule has 0 amide bonds. The van der Waals surface area contributed by atoms with Gasteiger partial charge in [-0.25, -0.2) is 0 Å². The lowest BCUT2D eigenvalue weighted by atomic mass is 9.97. The van der Waals surface area contributed by atoms with Gasteiger partial charge in [-0.2, -0.15) is 0 Å². The molecule has 0 bridgehead atoms. The zero-order valence-electron chi connectivity index (χ0n) is 12.0. The Morgan fingerprint density at radius 2 is 1.26 bits per heavy atom. The smallest absolute Gasteiger partial charge is 0.187 e. The Morgan fingerprint density at radius 3 is 1.83 bits per heavy atom. The number of hydrogen-bond acceptors (Lipinski definition) is 11. The molecular formula is C12H22O11. The van der Waals surface area contributed by atoms with E-state index in [1.165, 1.54) is 0 Å². The molecule has 23 heavy (non-hydrogen) atoms. The minimum Gasteiger partial charge on any atom is -0.394 e. The fourth-order valence-electron chi connectivity index (χ4n) is 2.57. The Morgan fingerprint density at radius 1 is 0.652 bits per heavy atom. The standard InChI is InChI=1S/C12H22O11/c13-1-3-5(15)6(16)9(19)12(22-3)23-10-4(2-14)21-11(20)8(18)7(10)17/h3-20H,1-2H2/t3?,4?,5?,6?,7?,8?,9-,10?,11?,12?/m0/s1. The quantitative estimate of drug-likeness (QED) is 0.243. The first-order valence-electron chi connectivity index (χ1n) is 7.08. The Labute approximate surface area is 130 Å². The Kier molecular flexibility index (Phi) is 6.27. The van der Waals surface area contributed by atoms with Crippen molar-refractivity contribution in [1.29, 1.82) is 0 Å². The summed E-state index contributed by atoms with van der Waals surface area (Å²) in [5.74, 6) is 0. The van der Waals surface area contributed by atoms with Crippen LogP contribution in [0.15, 0.2) is 0 Å². The minimum absolute atomic E-state index is 0.667. The van der Waals surface area contributed by atoms with Gasteiger partial charge in [-0.15, -0.1) is 0 Å². The van der Waals surface area contributed by atoms with Crippen LogP contribution in [0.25, 0.3) is 0 Å². The molecule has 0 saturated carbocycles. The molecular weight excluding hydrogens is 320 g/mol. The lowest BCUT2D eigenvalue weighted by Crippen LogP contribution is -2.64. The molecule has 2 aliphatic rings. The molecule has 2 aliphatic heterocycles. The SMILES string of the molecule is OCC1OC(OC2C(CO)OC(O)C(O)C2O)[C@@H](O)C(O)C1O. The van der Waals surface area contributed by atoms with E-state index >= 15 is 0 Å². The van der Waals surface area contributed by atoms with Gasteiger partial charge in [-0.05, 0) is 0 Å². The van der Waals surface area contributed by atoms with E-state index < -0.39 is 74.6 Å². The molecule has 0 aliphatic carbocycles. The largest absolute Gasteiger partial charge is 0.394 e. The predicted octanol–water partition coefficient (Wildman–Crippen LogP) is -5.40. The molecule has 2 rings (SSSR count). The van der Waals surface area contributed by atoms with Gasteiger partial charge in [0.25, 0.3) is 0 Å². The summed E-state index contributed by atoms with van der Waals surface area (Å²) in [6.45, 7) is -1.35. The van der Waals surface area contributed by atoms with E-state index in [1.807, 2.05) is 0 Å². The zero-order chi connectivity index (χ0) is 17.3. The fraction of sp³-hybridized carbons (Fsp3) is 1.00. The Balaban J connectivity index is 2.11. The van der Waals surface area contributed by atoms with Gasteiger partial charge in [0, 0.05) is 0 Å². The van der Waals surface area contributed by atoms with Crippen LogP contribution in [0.4, 0.5) is 0 Å². The summed E-state index contributed by atoms with van der Waals surface area (Å²) in [7, 11) is 0. The fourth-order valence-corrected chi connectivity index (χ4v) is 2.57. The van der Waals surface area contributed by atoms with E-state index in [0.29, 0.717) is 0 Å². The van der Waals surface area contributed by atoms with E-state index in [-0.39, 0.29) is 0 Å². The van der Waals surface area contributed by atoms with Crippen molar-refractivity contribution in [2.24, 2.45) is 0 Å². The summed E-state index contributed by atoms with van der Waals surface area (Å²) in [6.07, 6.45) is -15.6. The van der Waals surface area contributed by atoms with Crippen LogP contribution in [-0.4, -0.2) is 115 Å². The molecule has 11 heteroatoms. The molecule has 2 heterocycles. The second kappa shape index (κ2) is 7.63. The zero-order valence-corrected chi connectivity index (χ0v) is 12.0. The highest BCUT2D eigenvalue weighted by Gasteiger charge is 2.50.